The molecule has 0 spiro atoms. The number of fused-ring (bicyclic) bond motifs is 1. The molecule has 0 aliphatic heterocycles. The maximum atomic E-state index is 12.1. The lowest BCUT2D eigenvalue weighted by Gasteiger charge is -2.08. The van der Waals surface area contributed by atoms with Crippen LogP contribution in [0.25, 0.3) is 10.8 Å². The van der Waals surface area contributed by atoms with E-state index >= 15 is 0 Å². The number of benzene rings is 2. The van der Waals surface area contributed by atoms with Gasteiger partial charge in [0.05, 0.1) is 0 Å². The molecule has 2 aromatic carbocycles. The number of anilines is 1. The van der Waals surface area contributed by atoms with Gasteiger partial charge < -0.3 is 10.4 Å². The molecule has 3 rings (SSSR count). The van der Waals surface area contributed by atoms with Crippen LogP contribution in [0.15, 0.2) is 67.0 Å². The van der Waals surface area contributed by atoms with Gasteiger partial charge in [-0.05, 0) is 23.6 Å². The molecule has 0 atom stereocenters. The summed E-state index contributed by atoms with van der Waals surface area (Å²) in [5, 5.41) is 14.3. The summed E-state index contributed by atoms with van der Waals surface area (Å²) in [5.41, 5.74) is 0.699. The molecule has 0 radical (unpaired) electrons. The van der Waals surface area contributed by atoms with Gasteiger partial charge in [-0.25, -0.2) is 0 Å². The number of hydrogen-bond donors (Lipinski definition) is 2. The first kappa shape index (κ1) is 13.1. The highest BCUT2D eigenvalue weighted by Crippen LogP contribution is 2.26. The molecule has 4 nitrogen and oxygen atoms in total. The minimum atomic E-state index is -0.109. The number of phenolic OH excluding ortho intramolecular Hbond substituents is 1. The molecular formula is C17H15N2O2+. The van der Waals surface area contributed by atoms with Crippen LogP contribution >= 0.6 is 0 Å². The lowest BCUT2D eigenvalue weighted by molar-refractivity contribution is -0.684. The second-order valence-corrected chi connectivity index (χ2v) is 4.81. The number of amides is 1. The molecule has 21 heavy (non-hydrogen) atoms. The average molecular weight is 279 g/mol. The van der Waals surface area contributed by atoms with E-state index in [0.717, 1.165) is 10.8 Å². The van der Waals surface area contributed by atoms with Gasteiger partial charge in [0.25, 0.3) is 5.91 Å². The zero-order chi connectivity index (χ0) is 14.7. The van der Waals surface area contributed by atoms with Crippen LogP contribution in [0, 0.1) is 0 Å². The summed E-state index contributed by atoms with van der Waals surface area (Å²) in [6.07, 6.45) is 3.68. The number of carbonyl (C=O) groups excluding carboxylic acids is 1. The topological polar surface area (TPSA) is 53.2 Å². The second kappa shape index (κ2) is 5.63. The number of rotatable bonds is 3. The van der Waals surface area contributed by atoms with Crippen molar-refractivity contribution >= 4 is 22.4 Å². The minimum Gasteiger partial charge on any atom is -0.508 e. The highest BCUT2D eigenvalue weighted by molar-refractivity contribution is 6.02. The van der Waals surface area contributed by atoms with E-state index < -0.39 is 0 Å². The molecule has 0 aliphatic rings. The van der Waals surface area contributed by atoms with Gasteiger partial charge in [0.1, 0.15) is 5.75 Å². The fourth-order valence-corrected chi connectivity index (χ4v) is 2.26. The molecule has 0 fully saturated rings. The highest BCUT2D eigenvalue weighted by atomic mass is 16.3. The Bertz CT molecular complexity index is 785. The molecular weight excluding hydrogens is 264 g/mol. The molecule has 0 saturated carbocycles. The Labute approximate surface area is 122 Å². The minimum absolute atomic E-state index is 0.109. The van der Waals surface area contributed by atoms with Gasteiger partial charge in [0, 0.05) is 23.2 Å². The van der Waals surface area contributed by atoms with Crippen LogP contribution in [0.2, 0.25) is 0 Å². The van der Waals surface area contributed by atoms with Gasteiger partial charge in [-0.15, -0.1) is 0 Å². The third-order valence-electron chi connectivity index (χ3n) is 3.24. The van der Waals surface area contributed by atoms with Crippen molar-refractivity contribution in [3.8, 4) is 5.75 Å². The molecule has 1 amide bonds. The molecule has 2 N–H and O–H groups in total. The lowest BCUT2D eigenvalue weighted by atomic mass is 10.1. The van der Waals surface area contributed by atoms with Crippen molar-refractivity contribution < 1.29 is 14.5 Å². The maximum absolute atomic E-state index is 12.1. The van der Waals surface area contributed by atoms with Crippen molar-refractivity contribution in [1.29, 1.82) is 0 Å². The largest absolute Gasteiger partial charge is 0.508 e. The van der Waals surface area contributed by atoms with E-state index in [9.17, 15) is 9.90 Å². The van der Waals surface area contributed by atoms with Crippen LogP contribution in [0.5, 0.6) is 5.75 Å². The first-order valence-corrected chi connectivity index (χ1v) is 6.68. The van der Waals surface area contributed by atoms with E-state index in [0.29, 0.717) is 5.69 Å². The quantitative estimate of drug-likeness (QED) is 0.724. The normalized spacial score (nSPS) is 10.5. The number of hydrogen-bond acceptors (Lipinski definition) is 2. The van der Waals surface area contributed by atoms with Crippen molar-refractivity contribution in [1.82, 2.24) is 0 Å². The molecule has 104 valence electrons. The standard InChI is InChI=1S/C17H14N2O2/c20-14-8-7-13-5-4-6-16(15(13)11-14)18-17(21)12-19-9-2-1-3-10-19/h1-11H,12H2,(H-,18,20,21)/p+1. The van der Waals surface area contributed by atoms with Crippen molar-refractivity contribution in [2.24, 2.45) is 0 Å². The number of aromatic nitrogens is 1. The summed E-state index contributed by atoms with van der Waals surface area (Å²) in [7, 11) is 0. The molecule has 0 saturated heterocycles. The fourth-order valence-electron chi connectivity index (χ4n) is 2.26. The Hall–Kier alpha value is -2.88. The predicted octanol–water partition coefficient (Wildman–Crippen LogP) is 2.47. The van der Waals surface area contributed by atoms with Crippen LogP contribution in [0.4, 0.5) is 5.69 Å². The Kier molecular flexibility index (Phi) is 3.51. The van der Waals surface area contributed by atoms with Crippen molar-refractivity contribution in [3.05, 3.63) is 67.0 Å². The Balaban J connectivity index is 1.84. The molecule has 0 unspecified atom stereocenters. The maximum Gasteiger partial charge on any atom is 0.290 e. The van der Waals surface area contributed by atoms with Gasteiger partial charge in [0.2, 0.25) is 6.54 Å². The number of carbonyl (C=O) groups is 1. The first-order valence-electron chi connectivity index (χ1n) is 6.68. The second-order valence-electron chi connectivity index (χ2n) is 4.81. The summed E-state index contributed by atoms with van der Waals surface area (Å²) in [5.74, 6) is 0.0728. The Morgan fingerprint density at radius 2 is 1.86 bits per heavy atom. The SMILES string of the molecule is O=C(C[n+]1ccccc1)Nc1cccc2ccc(O)cc12. The molecule has 3 aromatic rings. The zero-order valence-electron chi connectivity index (χ0n) is 11.4. The Morgan fingerprint density at radius 1 is 1.05 bits per heavy atom. The number of pyridine rings is 1. The van der Waals surface area contributed by atoms with Crippen LogP contribution in [0.1, 0.15) is 0 Å². The molecule has 0 bridgehead atoms. The molecule has 4 heteroatoms. The summed E-state index contributed by atoms with van der Waals surface area (Å²) in [6.45, 7) is 0.246. The van der Waals surface area contributed by atoms with Crippen molar-refractivity contribution in [2.75, 3.05) is 5.32 Å². The van der Waals surface area contributed by atoms with Crippen molar-refractivity contribution in [3.63, 3.8) is 0 Å². The first-order chi connectivity index (χ1) is 10.2. The van der Waals surface area contributed by atoms with E-state index in [-0.39, 0.29) is 18.2 Å². The number of nitrogens with one attached hydrogen (secondary N) is 1. The molecule has 0 aliphatic carbocycles. The predicted molar refractivity (Wildman–Crippen MR) is 80.9 cm³/mol. The summed E-state index contributed by atoms with van der Waals surface area (Å²) >= 11 is 0. The van der Waals surface area contributed by atoms with E-state index in [2.05, 4.69) is 5.32 Å². The van der Waals surface area contributed by atoms with E-state index in [1.54, 1.807) is 16.7 Å². The summed E-state index contributed by atoms with van der Waals surface area (Å²) in [4.78, 5) is 12.1. The average Bonchev–Trinajstić information content (AvgIpc) is 2.49. The zero-order valence-corrected chi connectivity index (χ0v) is 11.4. The van der Waals surface area contributed by atoms with Gasteiger partial charge in [-0.3, -0.25) is 4.79 Å². The van der Waals surface area contributed by atoms with E-state index in [4.69, 9.17) is 0 Å². The van der Waals surface area contributed by atoms with Gasteiger partial charge >= 0.3 is 0 Å². The monoisotopic (exact) mass is 279 g/mol. The third kappa shape index (κ3) is 3.00. The Morgan fingerprint density at radius 3 is 2.67 bits per heavy atom. The number of aromatic hydroxyl groups is 1. The number of nitrogens with zero attached hydrogens (tertiary/aromatic N) is 1. The smallest absolute Gasteiger partial charge is 0.290 e. The van der Waals surface area contributed by atoms with Crippen molar-refractivity contribution in [2.45, 2.75) is 6.54 Å². The molecule has 1 heterocycles. The van der Waals surface area contributed by atoms with Crippen LogP contribution in [0.3, 0.4) is 0 Å². The molecule has 1 aromatic heterocycles. The summed E-state index contributed by atoms with van der Waals surface area (Å²) < 4.78 is 1.80. The van der Waals surface area contributed by atoms with Crippen LogP contribution in [-0.2, 0) is 11.3 Å². The van der Waals surface area contributed by atoms with E-state index in [1.165, 1.54) is 0 Å². The fraction of sp³-hybridized carbons (Fsp3) is 0.0588. The van der Waals surface area contributed by atoms with Crippen LogP contribution in [-0.4, -0.2) is 11.0 Å². The van der Waals surface area contributed by atoms with Gasteiger partial charge in [0.15, 0.2) is 12.4 Å². The third-order valence-corrected chi connectivity index (χ3v) is 3.24. The van der Waals surface area contributed by atoms with Crippen LogP contribution < -0.4 is 9.88 Å². The summed E-state index contributed by atoms with van der Waals surface area (Å²) in [6, 6.07) is 16.4. The van der Waals surface area contributed by atoms with Gasteiger partial charge in [-0.2, -0.15) is 4.57 Å². The number of phenols is 1. The highest BCUT2D eigenvalue weighted by Gasteiger charge is 2.10. The van der Waals surface area contributed by atoms with Gasteiger partial charge in [-0.1, -0.05) is 24.3 Å². The lowest BCUT2D eigenvalue weighted by Crippen LogP contribution is -2.39. The van der Waals surface area contributed by atoms with E-state index in [1.807, 2.05) is 54.9 Å².